The van der Waals surface area contributed by atoms with E-state index in [1.54, 1.807) is 4.68 Å². The van der Waals surface area contributed by atoms with Gasteiger partial charge in [0.05, 0.1) is 17.4 Å². The first-order chi connectivity index (χ1) is 11.3. The quantitative estimate of drug-likeness (QED) is 0.926. The van der Waals surface area contributed by atoms with Gasteiger partial charge >= 0.3 is 0 Å². The topological polar surface area (TPSA) is 72.7 Å². The molecule has 0 aliphatic heterocycles. The summed E-state index contributed by atoms with van der Waals surface area (Å²) in [5.74, 6) is 0. The van der Waals surface area contributed by atoms with Gasteiger partial charge in [-0.3, -0.25) is 4.79 Å². The average Bonchev–Trinajstić information content (AvgIpc) is 3.24. The largest absolute Gasteiger partial charge is 0.308 e. The molecule has 1 N–H and O–H groups in total. The lowest BCUT2D eigenvalue weighted by Gasteiger charge is -2.29. The monoisotopic (exact) mass is 331 g/mol. The second kappa shape index (κ2) is 6.49. The maximum atomic E-state index is 12.3. The smallest absolute Gasteiger partial charge is 0.267 e. The molecule has 0 atom stereocenters. The normalized spacial score (nSPS) is 23.8. The van der Waals surface area contributed by atoms with Gasteiger partial charge in [0.15, 0.2) is 0 Å². The molecule has 23 heavy (non-hydrogen) atoms. The van der Waals surface area contributed by atoms with Crippen LogP contribution in [0.3, 0.4) is 0 Å². The lowest BCUT2D eigenvalue weighted by Crippen LogP contribution is -2.36. The number of fused-ring (bicyclic) bond motifs is 1. The van der Waals surface area contributed by atoms with E-state index in [4.69, 9.17) is 0 Å². The first kappa shape index (κ1) is 15.0. The zero-order chi connectivity index (χ0) is 15.6. The van der Waals surface area contributed by atoms with Crippen molar-refractivity contribution in [2.75, 3.05) is 0 Å². The van der Waals surface area contributed by atoms with Gasteiger partial charge in [0.2, 0.25) is 0 Å². The van der Waals surface area contributed by atoms with Gasteiger partial charge in [-0.2, -0.15) is 5.10 Å². The Labute approximate surface area is 139 Å². The minimum Gasteiger partial charge on any atom is -0.308 e. The molecule has 0 spiro atoms. The van der Waals surface area contributed by atoms with Gasteiger partial charge in [-0.05, 0) is 62.0 Å². The first-order valence-corrected chi connectivity index (χ1v) is 9.24. The summed E-state index contributed by atoms with van der Waals surface area (Å²) in [6, 6.07) is 2.57. The Morgan fingerprint density at radius 2 is 2.13 bits per heavy atom. The second-order valence-corrected chi connectivity index (χ2v) is 7.15. The molecule has 2 aromatic heterocycles. The highest BCUT2D eigenvalue weighted by Crippen LogP contribution is 2.28. The zero-order valence-electron chi connectivity index (χ0n) is 13.1. The van der Waals surface area contributed by atoms with Crippen molar-refractivity contribution in [1.82, 2.24) is 24.7 Å². The fourth-order valence-electron chi connectivity index (χ4n) is 3.71. The average molecular weight is 331 g/mol. The van der Waals surface area contributed by atoms with Gasteiger partial charge in [0.1, 0.15) is 0 Å². The molecule has 0 radical (unpaired) electrons. The van der Waals surface area contributed by atoms with Crippen molar-refractivity contribution in [2.45, 2.75) is 63.6 Å². The minimum atomic E-state index is 0.0793. The van der Waals surface area contributed by atoms with Crippen LogP contribution in [0.25, 0.3) is 0 Å². The number of rotatable bonds is 4. The Kier molecular flexibility index (Phi) is 4.22. The number of hydrogen-bond donors (Lipinski definition) is 1. The van der Waals surface area contributed by atoms with E-state index in [1.165, 1.54) is 17.1 Å². The molecule has 0 unspecified atom stereocenters. The van der Waals surface area contributed by atoms with Crippen LogP contribution in [-0.4, -0.2) is 25.4 Å². The maximum Gasteiger partial charge on any atom is 0.267 e. The summed E-state index contributed by atoms with van der Waals surface area (Å²) in [5, 5.41) is 14.2. The van der Waals surface area contributed by atoms with E-state index >= 15 is 0 Å². The van der Waals surface area contributed by atoms with Crippen LogP contribution in [0.15, 0.2) is 16.2 Å². The van der Waals surface area contributed by atoms with Crippen molar-refractivity contribution in [1.29, 1.82) is 0 Å². The van der Waals surface area contributed by atoms with Crippen molar-refractivity contribution >= 4 is 11.5 Å². The molecule has 122 valence electrons. The minimum absolute atomic E-state index is 0.0793. The highest BCUT2D eigenvalue weighted by Gasteiger charge is 2.25. The molecular weight excluding hydrogens is 310 g/mol. The van der Waals surface area contributed by atoms with Crippen LogP contribution in [0.5, 0.6) is 0 Å². The van der Waals surface area contributed by atoms with Crippen LogP contribution in [-0.2, 0) is 19.4 Å². The van der Waals surface area contributed by atoms with Crippen molar-refractivity contribution in [3.63, 3.8) is 0 Å². The summed E-state index contributed by atoms with van der Waals surface area (Å²) >= 11 is 1.39. The molecule has 2 aliphatic carbocycles. The first-order valence-electron chi connectivity index (χ1n) is 8.40. The predicted octanol–water partition coefficient (Wildman–Crippen LogP) is 1.86. The Morgan fingerprint density at radius 3 is 2.91 bits per heavy atom. The molecule has 0 saturated heterocycles. The predicted molar refractivity (Wildman–Crippen MR) is 88.6 cm³/mol. The standard InChI is InChI=1S/C16H21N5OS/c22-16-8-11-2-1-3-15(11)19-21(16)14-6-4-12(5-7-14)17-9-13-10-23-20-18-13/h8,10,12,14,17H,1-7,9H2. The van der Waals surface area contributed by atoms with Crippen LogP contribution in [0.2, 0.25) is 0 Å². The molecular formula is C16H21N5OS. The molecule has 0 aromatic carbocycles. The van der Waals surface area contributed by atoms with Crippen molar-refractivity contribution in [2.24, 2.45) is 0 Å². The van der Waals surface area contributed by atoms with Crippen molar-refractivity contribution < 1.29 is 0 Å². The lowest BCUT2D eigenvalue weighted by molar-refractivity contribution is 0.267. The highest BCUT2D eigenvalue weighted by atomic mass is 32.1. The molecule has 1 saturated carbocycles. The van der Waals surface area contributed by atoms with E-state index in [1.807, 2.05) is 11.4 Å². The SMILES string of the molecule is O=c1cc2c(nn1C1CCC(NCc3csnn3)CC1)CCC2. The van der Waals surface area contributed by atoms with E-state index in [2.05, 4.69) is 20.0 Å². The van der Waals surface area contributed by atoms with Gasteiger partial charge < -0.3 is 5.32 Å². The Hall–Kier alpha value is -1.60. The van der Waals surface area contributed by atoms with Crippen LogP contribution in [0, 0.1) is 0 Å². The highest BCUT2D eigenvalue weighted by molar-refractivity contribution is 7.03. The summed E-state index contributed by atoms with van der Waals surface area (Å²) in [5.41, 5.74) is 3.39. The summed E-state index contributed by atoms with van der Waals surface area (Å²) in [6.07, 6.45) is 7.35. The molecule has 4 rings (SSSR count). The number of aromatic nitrogens is 4. The van der Waals surface area contributed by atoms with Crippen molar-refractivity contribution in [3.05, 3.63) is 38.8 Å². The summed E-state index contributed by atoms with van der Waals surface area (Å²) < 4.78 is 5.64. The molecule has 0 amide bonds. The fourth-order valence-corrected chi connectivity index (χ4v) is 4.16. The molecule has 2 aliphatic rings. The maximum absolute atomic E-state index is 12.3. The van der Waals surface area contributed by atoms with E-state index < -0.39 is 0 Å². The molecule has 7 heteroatoms. The fraction of sp³-hybridized carbons (Fsp3) is 0.625. The molecule has 1 fully saturated rings. The van der Waals surface area contributed by atoms with E-state index in [-0.39, 0.29) is 11.6 Å². The molecule has 2 aromatic rings. The number of nitrogens with zero attached hydrogens (tertiary/aromatic N) is 4. The van der Waals surface area contributed by atoms with E-state index in [9.17, 15) is 4.79 Å². The van der Waals surface area contributed by atoms with Gasteiger partial charge in [-0.1, -0.05) is 4.49 Å². The van der Waals surface area contributed by atoms with Gasteiger partial charge in [0, 0.05) is 24.0 Å². The third-order valence-electron chi connectivity index (χ3n) is 5.00. The van der Waals surface area contributed by atoms with Crippen LogP contribution in [0.1, 0.15) is 55.1 Å². The summed E-state index contributed by atoms with van der Waals surface area (Å²) in [6.45, 7) is 0.781. The van der Waals surface area contributed by atoms with Gasteiger partial charge in [-0.25, -0.2) is 4.68 Å². The molecule has 6 nitrogen and oxygen atoms in total. The second-order valence-electron chi connectivity index (χ2n) is 6.54. The Bertz CT molecular complexity index is 719. The zero-order valence-corrected chi connectivity index (χ0v) is 13.9. The third kappa shape index (κ3) is 3.21. The Balaban J connectivity index is 1.37. The van der Waals surface area contributed by atoms with E-state index in [0.29, 0.717) is 6.04 Å². The molecule has 2 heterocycles. The number of nitrogens with one attached hydrogen (secondary N) is 1. The van der Waals surface area contributed by atoms with Crippen LogP contribution in [0.4, 0.5) is 0 Å². The lowest BCUT2D eigenvalue weighted by atomic mass is 9.91. The number of hydrogen-bond acceptors (Lipinski definition) is 6. The summed E-state index contributed by atoms with van der Waals surface area (Å²) in [7, 11) is 0. The van der Waals surface area contributed by atoms with Crippen LogP contribution < -0.4 is 10.9 Å². The van der Waals surface area contributed by atoms with Crippen LogP contribution >= 0.6 is 11.5 Å². The van der Waals surface area contributed by atoms with Gasteiger partial charge in [-0.15, -0.1) is 5.10 Å². The van der Waals surface area contributed by atoms with E-state index in [0.717, 1.165) is 62.9 Å². The Morgan fingerprint density at radius 1 is 1.26 bits per heavy atom. The number of aryl methyl sites for hydroxylation is 2. The summed E-state index contributed by atoms with van der Waals surface area (Å²) in [4.78, 5) is 12.3. The third-order valence-corrected chi connectivity index (χ3v) is 5.56. The van der Waals surface area contributed by atoms with Crippen molar-refractivity contribution in [3.8, 4) is 0 Å². The molecule has 0 bridgehead atoms. The van der Waals surface area contributed by atoms with Gasteiger partial charge in [0.25, 0.3) is 5.56 Å².